The highest BCUT2D eigenvalue weighted by Gasteiger charge is 2.23. The van der Waals surface area contributed by atoms with Crippen molar-refractivity contribution in [3.63, 3.8) is 0 Å². The molecule has 0 saturated carbocycles. The molecule has 0 saturated heterocycles. The van der Waals surface area contributed by atoms with E-state index in [9.17, 15) is 4.79 Å². The third-order valence-electron chi connectivity index (χ3n) is 5.33. The predicted molar refractivity (Wildman–Crippen MR) is 124 cm³/mol. The van der Waals surface area contributed by atoms with Gasteiger partial charge in [-0.3, -0.25) is 9.69 Å². The summed E-state index contributed by atoms with van der Waals surface area (Å²) in [5.74, 6) is 0.722. The Kier molecular flexibility index (Phi) is 5.40. The molecule has 0 radical (unpaired) electrons. The van der Waals surface area contributed by atoms with Gasteiger partial charge >= 0.3 is 0 Å². The standard InChI is InChI=1S/C24H16Cl3NO3/c25-16-4-2-15(3-5-16)19-12-30-24-17(23(19)29)6-8-22-18(24)11-28(13-31-22)10-14-1-7-20(26)21(27)9-14/h1-9,12H,10-11,13H2. The molecule has 5 rings (SSSR count). The zero-order valence-corrected chi connectivity index (χ0v) is 18.5. The van der Waals surface area contributed by atoms with Gasteiger partial charge in [-0.25, -0.2) is 0 Å². The van der Waals surface area contributed by atoms with Gasteiger partial charge in [0.25, 0.3) is 0 Å². The Morgan fingerprint density at radius 3 is 2.52 bits per heavy atom. The van der Waals surface area contributed by atoms with Crippen LogP contribution in [0.1, 0.15) is 11.1 Å². The van der Waals surface area contributed by atoms with Crippen LogP contribution in [0.25, 0.3) is 22.1 Å². The maximum absolute atomic E-state index is 13.2. The minimum absolute atomic E-state index is 0.0898. The van der Waals surface area contributed by atoms with Crippen LogP contribution >= 0.6 is 34.8 Å². The largest absolute Gasteiger partial charge is 0.478 e. The molecule has 156 valence electrons. The fraction of sp³-hybridized carbons (Fsp3) is 0.125. The molecule has 3 aromatic carbocycles. The van der Waals surface area contributed by atoms with E-state index in [4.69, 9.17) is 44.0 Å². The van der Waals surface area contributed by atoms with Crippen LogP contribution in [0.4, 0.5) is 0 Å². The van der Waals surface area contributed by atoms with Gasteiger partial charge in [0, 0.05) is 18.1 Å². The van der Waals surface area contributed by atoms with Gasteiger partial charge in [0.2, 0.25) is 5.43 Å². The Morgan fingerprint density at radius 2 is 1.74 bits per heavy atom. The average molecular weight is 473 g/mol. The number of hydrogen-bond acceptors (Lipinski definition) is 4. The van der Waals surface area contributed by atoms with Crippen molar-refractivity contribution in [2.75, 3.05) is 6.73 Å². The molecular formula is C24H16Cl3NO3. The lowest BCUT2D eigenvalue weighted by molar-refractivity contribution is 0.0890. The monoisotopic (exact) mass is 471 g/mol. The van der Waals surface area contributed by atoms with Crippen LogP contribution in [0.15, 0.2) is 70.1 Å². The normalized spacial score (nSPS) is 13.8. The smallest absolute Gasteiger partial charge is 0.200 e. The molecule has 0 aliphatic carbocycles. The molecule has 0 amide bonds. The van der Waals surface area contributed by atoms with Gasteiger partial charge in [-0.1, -0.05) is 53.0 Å². The highest BCUT2D eigenvalue weighted by molar-refractivity contribution is 6.42. The van der Waals surface area contributed by atoms with Gasteiger partial charge in [-0.15, -0.1) is 0 Å². The number of hydrogen-bond donors (Lipinski definition) is 0. The molecule has 0 atom stereocenters. The molecule has 31 heavy (non-hydrogen) atoms. The number of rotatable bonds is 3. The van der Waals surface area contributed by atoms with Crippen LogP contribution < -0.4 is 10.2 Å². The van der Waals surface area contributed by atoms with Crippen molar-refractivity contribution in [1.82, 2.24) is 4.90 Å². The zero-order valence-electron chi connectivity index (χ0n) is 16.2. The van der Waals surface area contributed by atoms with E-state index in [1.165, 1.54) is 6.26 Å². The maximum Gasteiger partial charge on any atom is 0.200 e. The second kappa shape index (κ2) is 8.21. The average Bonchev–Trinajstić information content (AvgIpc) is 2.77. The highest BCUT2D eigenvalue weighted by atomic mass is 35.5. The molecule has 0 fully saturated rings. The third-order valence-corrected chi connectivity index (χ3v) is 6.32. The maximum atomic E-state index is 13.2. The van der Waals surface area contributed by atoms with Crippen LogP contribution in [0.3, 0.4) is 0 Å². The van der Waals surface area contributed by atoms with Crippen LogP contribution in [-0.4, -0.2) is 11.6 Å². The Morgan fingerprint density at radius 1 is 0.935 bits per heavy atom. The Hall–Kier alpha value is -2.50. The molecule has 0 N–H and O–H groups in total. The second-order valence-electron chi connectivity index (χ2n) is 7.41. The number of ether oxygens (including phenoxy) is 1. The van der Waals surface area contributed by atoms with E-state index in [-0.39, 0.29) is 5.43 Å². The topological polar surface area (TPSA) is 42.7 Å². The van der Waals surface area contributed by atoms with E-state index in [1.807, 2.05) is 18.2 Å². The number of fused-ring (bicyclic) bond motifs is 3. The van der Waals surface area contributed by atoms with Crippen molar-refractivity contribution in [3.8, 4) is 16.9 Å². The molecule has 2 heterocycles. The van der Waals surface area contributed by atoms with Crippen molar-refractivity contribution >= 4 is 45.8 Å². The summed E-state index contributed by atoms with van der Waals surface area (Å²) >= 11 is 18.1. The van der Waals surface area contributed by atoms with E-state index in [1.54, 1.807) is 36.4 Å². The van der Waals surface area contributed by atoms with Crippen molar-refractivity contribution < 1.29 is 9.15 Å². The molecule has 1 aliphatic heterocycles. The fourth-order valence-electron chi connectivity index (χ4n) is 3.78. The predicted octanol–water partition coefficient (Wildman–Crippen LogP) is 6.77. The van der Waals surface area contributed by atoms with Gasteiger partial charge in [-0.05, 0) is 47.5 Å². The van der Waals surface area contributed by atoms with E-state index >= 15 is 0 Å². The lowest BCUT2D eigenvalue weighted by Gasteiger charge is -2.29. The summed E-state index contributed by atoms with van der Waals surface area (Å²) < 4.78 is 11.9. The Bertz CT molecular complexity index is 1350. The summed E-state index contributed by atoms with van der Waals surface area (Å²) in [5, 5.41) is 2.17. The van der Waals surface area contributed by atoms with Crippen LogP contribution in [-0.2, 0) is 13.1 Å². The van der Waals surface area contributed by atoms with Gasteiger partial charge < -0.3 is 9.15 Å². The SMILES string of the molecule is O=c1c(-c2ccc(Cl)cc2)coc2c3c(ccc12)OCN(Cc1ccc(Cl)c(Cl)c1)C3. The summed E-state index contributed by atoms with van der Waals surface area (Å²) in [4.78, 5) is 15.3. The first kappa shape index (κ1) is 20.4. The van der Waals surface area contributed by atoms with Crippen LogP contribution in [0, 0.1) is 0 Å². The lowest BCUT2D eigenvalue weighted by atomic mass is 10.0. The summed E-state index contributed by atoms with van der Waals surface area (Å²) in [6, 6.07) is 16.3. The minimum Gasteiger partial charge on any atom is -0.478 e. The van der Waals surface area contributed by atoms with E-state index in [2.05, 4.69) is 4.90 Å². The first-order chi connectivity index (χ1) is 15.0. The Labute approximate surface area is 193 Å². The molecule has 0 spiro atoms. The lowest BCUT2D eigenvalue weighted by Crippen LogP contribution is -2.31. The molecule has 1 aliphatic rings. The zero-order chi connectivity index (χ0) is 21.5. The number of halogens is 3. The first-order valence-electron chi connectivity index (χ1n) is 9.62. The summed E-state index contributed by atoms with van der Waals surface area (Å²) in [6.45, 7) is 1.63. The third kappa shape index (κ3) is 3.92. The van der Waals surface area contributed by atoms with E-state index in [0.717, 1.165) is 22.4 Å². The molecule has 0 unspecified atom stereocenters. The Balaban J connectivity index is 1.50. The quantitative estimate of drug-likeness (QED) is 0.330. The second-order valence-corrected chi connectivity index (χ2v) is 8.66. The molecule has 0 bridgehead atoms. The molecule has 4 aromatic rings. The summed E-state index contributed by atoms with van der Waals surface area (Å²) in [5.41, 5.74) is 3.58. The molecule has 7 heteroatoms. The highest BCUT2D eigenvalue weighted by Crippen LogP contribution is 2.33. The fourth-order valence-corrected chi connectivity index (χ4v) is 4.23. The summed E-state index contributed by atoms with van der Waals surface area (Å²) in [7, 11) is 0. The summed E-state index contributed by atoms with van der Waals surface area (Å²) in [6.07, 6.45) is 1.51. The van der Waals surface area contributed by atoms with E-state index < -0.39 is 0 Å². The first-order valence-corrected chi connectivity index (χ1v) is 10.8. The van der Waals surface area contributed by atoms with Crippen molar-refractivity contribution in [2.45, 2.75) is 13.1 Å². The van der Waals surface area contributed by atoms with Crippen LogP contribution in [0.5, 0.6) is 5.75 Å². The van der Waals surface area contributed by atoms with Gasteiger partial charge in [-0.2, -0.15) is 0 Å². The van der Waals surface area contributed by atoms with E-state index in [0.29, 0.717) is 51.4 Å². The van der Waals surface area contributed by atoms with Gasteiger partial charge in [0.05, 0.1) is 26.6 Å². The molecule has 1 aromatic heterocycles. The van der Waals surface area contributed by atoms with Crippen molar-refractivity contribution in [1.29, 1.82) is 0 Å². The number of nitrogens with zero attached hydrogens (tertiary/aromatic N) is 1. The number of benzene rings is 3. The molecule has 4 nitrogen and oxygen atoms in total. The van der Waals surface area contributed by atoms with Gasteiger partial charge in [0.1, 0.15) is 24.3 Å². The van der Waals surface area contributed by atoms with Crippen molar-refractivity contribution in [3.05, 3.63) is 97.3 Å². The van der Waals surface area contributed by atoms with Crippen molar-refractivity contribution in [2.24, 2.45) is 0 Å². The molecular weight excluding hydrogens is 457 g/mol. The van der Waals surface area contributed by atoms with Crippen LogP contribution in [0.2, 0.25) is 15.1 Å². The van der Waals surface area contributed by atoms with Gasteiger partial charge in [0.15, 0.2) is 0 Å². The minimum atomic E-state index is -0.0898.